The Kier molecular flexibility index (Phi) is 3.55. The molecule has 104 valence electrons. The molecular formula is C14H19NO4. The average molecular weight is 265 g/mol. The molecule has 0 amide bonds. The Morgan fingerprint density at radius 3 is 2.21 bits per heavy atom. The summed E-state index contributed by atoms with van der Waals surface area (Å²) in [6.07, 6.45) is 0. The summed E-state index contributed by atoms with van der Waals surface area (Å²) >= 11 is 0. The molecule has 1 aliphatic rings. The first-order chi connectivity index (χ1) is 9.02. The zero-order valence-corrected chi connectivity index (χ0v) is 11.9. The van der Waals surface area contributed by atoms with E-state index in [4.69, 9.17) is 18.9 Å². The van der Waals surface area contributed by atoms with Gasteiger partial charge in [-0.05, 0) is 26.0 Å². The molecule has 0 bridgehead atoms. The Bertz CT molecular complexity index is 508. The third-order valence-corrected chi connectivity index (χ3v) is 2.90. The molecule has 2 rings (SSSR count). The van der Waals surface area contributed by atoms with Gasteiger partial charge in [-0.1, -0.05) is 0 Å². The number of nitrogens with zero attached hydrogens (tertiary/aromatic N) is 1. The second kappa shape index (κ2) is 4.99. The maximum atomic E-state index is 5.64. The predicted molar refractivity (Wildman–Crippen MR) is 72.7 cm³/mol. The third-order valence-electron chi connectivity index (χ3n) is 2.90. The minimum atomic E-state index is -0.215. The van der Waals surface area contributed by atoms with E-state index in [-0.39, 0.29) is 5.54 Å². The Morgan fingerprint density at radius 1 is 1.05 bits per heavy atom. The van der Waals surface area contributed by atoms with Crippen LogP contribution in [0.15, 0.2) is 17.1 Å². The van der Waals surface area contributed by atoms with Crippen molar-refractivity contribution in [1.82, 2.24) is 0 Å². The van der Waals surface area contributed by atoms with Crippen molar-refractivity contribution in [3.8, 4) is 17.2 Å². The molecule has 0 atom stereocenters. The summed E-state index contributed by atoms with van der Waals surface area (Å²) in [4.78, 5) is 4.55. The molecule has 0 radical (unpaired) electrons. The van der Waals surface area contributed by atoms with Gasteiger partial charge >= 0.3 is 0 Å². The zero-order chi connectivity index (χ0) is 14.0. The van der Waals surface area contributed by atoms with Crippen molar-refractivity contribution in [2.24, 2.45) is 4.99 Å². The molecular weight excluding hydrogens is 246 g/mol. The number of hydrogen-bond acceptors (Lipinski definition) is 5. The van der Waals surface area contributed by atoms with Crippen LogP contribution in [0.5, 0.6) is 17.2 Å². The van der Waals surface area contributed by atoms with E-state index in [1.54, 1.807) is 21.3 Å². The highest BCUT2D eigenvalue weighted by Crippen LogP contribution is 2.41. The maximum Gasteiger partial charge on any atom is 0.220 e. The fourth-order valence-electron chi connectivity index (χ4n) is 1.99. The van der Waals surface area contributed by atoms with Crippen molar-refractivity contribution in [1.29, 1.82) is 0 Å². The normalized spacial score (nSPS) is 16.6. The molecule has 19 heavy (non-hydrogen) atoms. The first-order valence-corrected chi connectivity index (χ1v) is 6.04. The second-order valence-electron chi connectivity index (χ2n) is 4.90. The lowest BCUT2D eigenvalue weighted by Gasteiger charge is -2.15. The summed E-state index contributed by atoms with van der Waals surface area (Å²) in [6, 6.07) is 3.67. The Balaban J connectivity index is 2.53. The van der Waals surface area contributed by atoms with Crippen molar-refractivity contribution >= 4 is 5.90 Å². The summed E-state index contributed by atoms with van der Waals surface area (Å²) in [5.41, 5.74) is 0.554. The van der Waals surface area contributed by atoms with Crippen LogP contribution in [0.25, 0.3) is 0 Å². The predicted octanol–water partition coefficient (Wildman–Crippen LogP) is 2.27. The lowest BCUT2D eigenvalue weighted by atomic mass is 10.1. The highest BCUT2D eigenvalue weighted by atomic mass is 16.5. The maximum absolute atomic E-state index is 5.64. The van der Waals surface area contributed by atoms with Crippen LogP contribution in [0.4, 0.5) is 0 Å². The quantitative estimate of drug-likeness (QED) is 0.838. The highest BCUT2D eigenvalue weighted by Gasteiger charge is 2.30. The van der Waals surface area contributed by atoms with Crippen molar-refractivity contribution in [2.45, 2.75) is 19.4 Å². The molecule has 1 heterocycles. The van der Waals surface area contributed by atoms with E-state index in [2.05, 4.69) is 4.99 Å². The van der Waals surface area contributed by atoms with Gasteiger partial charge in [-0.3, -0.25) is 0 Å². The number of aliphatic imine (C=N–C) groups is 1. The SMILES string of the molecule is COc1ccc(C2=NC(C)(C)CO2)c(OC)c1OC. The van der Waals surface area contributed by atoms with Gasteiger partial charge in [-0.2, -0.15) is 0 Å². The molecule has 0 saturated carbocycles. The average Bonchev–Trinajstić information content (AvgIpc) is 2.76. The monoisotopic (exact) mass is 265 g/mol. The molecule has 0 spiro atoms. The number of benzene rings is 1. The minimum absolute atomic E-state index is 0.215. The van der Waals surface area contributed by atoms with Gasteiger partial charge in [-0.25, -0.2) is 4.99 Å². The van der Waals surface area contributed by atoms with Crippen LogP contribution < -0.4 is 14.2 Å². The van der Waals surface area contributed by atoms with Gasteiger partial charge in [0, 0.05) is 0 Å². The van der Waals surface area contributed by atoms with Gasteiger partial charge in [0.15, 0.2) is 11.5 Å². The summed E-state index contributed by atoms with van der Waals surface area (Å²) < 4.78 is 21.7. The molecule has 0 aliphatic carbocycles. The van der Waals surface area contributed by atoms with E-state index >= 15 is 0 Å². The standard InChI is InChI=1S/C14H19NO4/c1-14(2)8-19-13(15-14)9-6-7-10(16-3)12(18-5)11(9)17-4/h6-7H,8H2,1-5H3. The number of methoxy groups -OCH3 is 3. The second-order valence-corrected chi connectivity index (χ2v) is 4.90. The van der Waals surface area contributed by atoms with Crippen LogP contribution in [-0.2, 0) is 4.74 Å². The van der Waals surface area contributed by atoms with Gasteiger partial charge in [0.25, 0.3) is 0 Å². The van der Waals surface area contributed by atoms with Gasteiger partial charge in [-0.15, -0.1) is 0 Å². The van der Waals surface area contributed by atoms with E-state index in [9.17, 15) is 0 Å². The highest BCUT2D eigenvalue weighted by molar-refractivity contribution is 5.99. The molecule has 5 heteroatoms. The van der Waals surface area contributed by atoms with E-state index in [1.807, 2.05) is 26.0 Å². The molecule has 1 aromatic carbocycles. The van der Waals surface area contributed by atoms with E-state index in [0.29, 0.717) is 29.8 Å². The van der Waals surface area contributed by atoms with Gasteiger partial charge < -0.3 is 18.9 Å². The summed E-state index contributed by atoms with van der Waals surface area (Å²) in [5.74, 6) is 2.29. The summed E-state index contributed by atoms with van der Waals surface area (Å²) in [7, 11) is 4.75. The number of hydrogen-bond donors (Lipinski definition) is 0. The Labute approximate surface area is 113 Å². The summed E-state index contributed by atoms with van der Waals surface area (Å²) in [5, 5.41) is 0. The number of ether oxygens (including phenoxy) is 4. The molecule has 0 unspecified atom stereocenters. The van der Waals surface area contributed by atoms with Crippen LogP contribution in [0.3, 0.4) is 0 Å². The van der Waals surface area contributed by atoms with E-state index in [1.165, 1.54) is 0 Å². The van der Waals surface area contributed by atoms with Crippen LogP contribution >= 0.6 is 0 Å². The fourth-order valence-corrected chi connectivity index (χ4v) is 1.99. The van der Waals surface area contributed by atoms with Crippen LogP contribution in [0.2, 0.25) is 0 Å². The Hall–Kier alpha value is -1.91. The first kappa shape index (κ1) is 13.5. The van der Waals surface area contributed by atoms with Gasteiger partial charge in [0.1, 0.15) is 6.61 Å². The fraction of sp³-hybridized carbons (Fsp3) is 0.500. The minimum Gasteiger partial charge on any atom is -0.493 e. The lowest BCUT2D eigenvalue weighted by Crippen LogP contribution is -2.17. The molecule has 0 fully saturated rings. The topological polar surface area (TPSA) is 49.3 Å². The Morgan fingerprint density at radius 2 is 1.74 bits per heavy atom. The summed E-state index contributed by atoms with van der Waals surface area (Å²) in [6.45, 7) is 4.60. The largest absolute Gasteiger partial charge is 0.493 e. The smallest absolute Gasteiger partial charge is 0.220 e. The van der Waals surface area contributed by atoms with E-state index in [0.717, 1.165) is 5.56 Å². The van der Waals surface area contributed by atoms with Crippen molar-refractivity contribution in [3.63, 3.8) is 0 Å². The van der Waals surface area contributed by atoms with Crippen molar-refractivity contribution in [2.75, 3.05) is 27.9 Å². The van der Waals surface area contributed by atoms with Crippen LogP contribution in [0, 0.1) is 0 Å². The van der Waals surface area contributed by atoms with Crippen LogP contribution in [0.1, 0.15) is 19.4 Å². The van der Waals surface area contributed by atoms with Crippen molar-refractivity contribution in [3.05, 3.63) is 17.7 Å². The molecule has 5 nitrogen and oxygen atoms in total. The third kappa shape index (κ3) is 2.45. The first-order valence-electron chi connectivity index (χ1n) is 6.04. The molecule has 0 N–H and O–H groups in total. The molecule has 1 aliphatic heterocycles. The van der Waals surface area contributed by atoms with E-state index < -0.39 is 0 Å². The van der Waals surface area contributed by atoms with Gasteiger partial charge in [0.05, 0.1) is 32.4 Å². The lowest BCUT2D eigenvalue weighted by molar-refractivity contribution is 0.277. The number of rotatable bonds is 4. The molecule has 1 aromatic rings. The molecule has 0 saturated heterocycles. The molecule has 0 aromatic heterocycles. The van der Waals surface area contributed by atoms with Crippen molar-refractivity contribution < 1.29 is 18.9 Å². The van der Waals surface area contributed by atoms with Crippen LogP contribution in [-0.4, -0.2) is 39.4 Å². The van der Waals surface area contributed by atoms with Gasteiger partial charge in [0.2, 0.25) is 11.6 Å². The zero-order valence-electron chi connectivity index (χ0n) is 11.9.